The molecule has 0 saturated carbocycles. The van der Waals surface area contributed by atoms with E-state index < -0.39 is 0 Å². The first kappa shape index (κ1) is 17.6. The monoisotopic (exact) mass is 363 g/mol. The van der Waals surface area contributed by atoms with Gasteiger partial charge in [-0.25, -0.2) is 0 Å². The summed E-state index contributed by atoms with van der Waals surface area (Å²) < 4.78 is 5.57. The first-order chi connectivity index (χ1) is 13.3. The number of carbonyl (C=O) groups is 1. The molecule has 1 saturated heterocycles. The average molecular weight is 363 g/mol. The molecule has 0 radical (unpaired) electrons. The van der Waals surface area contributed by atoms with E-state index in [0.717, 1.165) is 35.3 Å². The zero-order valence-corrected chi connectivity index (χ0v) is 15.6. The number of nitrogens with zero attached hydrogens (tertiary/aromatic N) is 1. The van der Waals surface area contributed by atoms with E-state index in [1.165, 1.54) is 12.8 Å². The van der Waals surface area contributed by atoms with Crippen LogP contribution in [0.25, 0.3) is 10.9 Å². The van der Waals surface area contributed by atoms with Gasteiger partial charge in [-0.1, -0.05) is 36.4 Å². The SMILES string of the molecule is COc1ccccc1C(CNC(=O)c1cc2ccccc2[nH]1)N1CCCC1. The van der Waals surface area contributed by atoms with E-state index in [-0.39, 0.29) is 11.9 Å². The van der Waals surface area contributed by atoms with Crippen LogP contribution >= 0.6 is 0 Å². The predicted octanol–water partition coefficient (Wildman–Crippen LogP) is 3.74. The summed E-state index contributed by atoms with van der Waals surface area (Å²) in [5.74, 6) is 0.791. The number of carbonyl (C=O) groups excluding carboxylic acids is 1. The van der Waals surface area contributed by atoms with Gasteiger partial charge in [-0.3, -0.25) is 9.69 Å². The van der Waals surface area contributed by atoms with Crippen LogP contribution in [0.4, 0.5) is 0 Å². The Morgan fingerprint density at radius 1 is 1.15 bits per heavy atom. The molecule has 3 aromatic rings. The summed E-state index contributed by atoms with van der Waals surface area (Å²) in [6.45, 7) is 2.64. The molecule has 1 aliphatic heterocycles. The van der Waals surface area contributed by atoms with E-state index in [1.54, 1.807) is 7.11 Å². The molecule has 1 fully saturated rings. The predicted molar refractivity (Wildman–Crippen MR) is 107 cm³/mol. The number of aromatic amines is 1. The maximum Gasteiger partial charge on any atom is 0.267 e. The van der Waals surface area contributed by atoms with Gasteiger partial charge in [-0.2, -0.15) is 0 Å². The number of fused-ring (bicyclic) bond motifs is 1. The number of likely N-dealkylation sites (tertiary alicyclic amines) is 1. The van der Waals surface area contributed by atoms with Crippen molar-refractivity contribution in [2.75, 3.05) is 26.7 Å². The largest absolute Gasteiger partial charge is 0.496 e. The third kappa shape index (κ3) is 3.69. The molecule has 4 rings (SSSR count). The Morgan fingerprint density at radius 3 is 2.67 bits per heavy atom. The van der Waals surface area contributed by atoms with E-state index in [1.807, 2.05) is 48.5 Å². The Bertz CT molecular complexity index is 895. The van der Waals surface area contributed by atoms with Crippen LogP contribution in [0.2, 0.25) is 0 Å². The van der Waals surface area contributed by atoms with Gasteiger partial charge in [0.1, 0.15) is 11.4 Å². The third-order valence-electron chi connectivity index (χ3n) is 5.31. The lowest BCUT2D eigenvalue weighted by molar-refractivity contribution is 0.0933. The molecule has 1 unspecified atom stereocenters. The van der Waals surface area contributed by atoms with Gasteiger partial charge in [0.15, 0.2) is 0 Å². The summed E-state index contributed by atoms with van der Waals surface area (Å²) >= 11 is 0. The van der Waals surface area contributed by atoms with Crippen LogP contribution in [0.3, 0.4) is 0 Å². The summed E-state index contributed by atoms with van der Waals surface area (Å²) in [6.07, 6.45) is 2.39. The fourth-order valence-electron chi connectivity index (χ4n) is 3.91. The minimum absolute atomic E-state index is 0.0784. The number of nitrogens with one attached hydrogen (secondary N) is 2. The number of benzene rings is 2. The lowest BCUT2D eigenvalue weighted by Gasteiger charge is -2.29. The van der Waals surface area contributed by atoms with E-state index >= 15 is 0 Å². The Hall–Kier alpha value is -2.79. The van der Waals surface area contributed by atoms with Gasteiger partial charge in [0.25, 0.3) is 5.91 Å². The van der Waals surface area contributed by atoms with Crippen molar-refractivity contribution in [1.82, 2.24) is 15.2 Å². The normalized spacial score (nSPS) is 15.7. The van der Waals surface area contributed by atoms with E-state index in [2.05, 4.69) is 21.3 Å². The van der Waals surface area contributed by atoms with Crippen LogP contribution in [0.15, 0.2) is 54.6 Å². The standard InChI is InChI=1S/C22H25N3O2/c1-27-21-11-5-3-9-17(21)20(25-12-6-7-13-25)15-23-22(26)19-14-16-8-2-4-10-18(16)24-19/h2-5,8-11,14,20,24H,6-7,12-13,15H2,1H3,(H,23,26). The zero-order valence-electron chi connectivity index (χ0n) is 15.6. The Kier molecular flexibility index (Phi) is 5.12. The molecule has 140 valence electrons. The lowest BCUT2D eigenvalue weighted by atomic mass is 10.0. The van der Waals surface area contributed by atoms with Gasteiger partial charge in [0, 0.05) is 23.0 Å². The maximum absolute atomic E-state index is 12.7. The molecule has 2 aromatic carbocycles. The van der Waals surface area contributed by atoms with Gasteiger partial charge >= 0.3 is 0 Å². The third-order valence-corrected chi connectivity index (χ3v) is 5.31. The summed E-state index contributed by atoms with van der Waals surface area (Å²) in [5, 5.41) is 4.16. The number of methoxy groups -OCH3 is 1. The van der Waals surface area contributed by atoms with Gasteiger partial charge in [0.05, 0.1) is 13.2 Å². The molecule has 5 heteroatoms. The highest BCUT2D eigenvalue weighted by Gasteiger charge is 2.26. The molecule has 27 heavy (non-hydrogen) atoms. The first-order valence-electron chi connectivity index (χ1n) is 9.49. The Morgan fingerprint density at radius 2 is 1.89 bits per heavy atom. The number of amides is 1. The highest BCUT2D eigenvalue weighted by molar-refractivity contribution is 5.98. The molecule has 0 bridgehead atoms. The van der Waals surface area contributed by atoms with E-state index in [4.69, 9.17) is 4.74 Å². The molecular formula is C22H25N3O2. The van der Waals surface area contributed by atoms with Gasteiger partial charge in [-0.05, 0) is 44.1 Å². The highest BCUT2D eigenvalue weighted by atomic mass is 16.5. The van der Waals surface area contributed by atoms with Crippen molar-refractivity contribution >= 4 is 16.8 Å². The van der Waals surface area contributed by atoms with Crippen LogP contribution in [0.1, 0.15) is 34.9 Å². The van der Waals surface area contributed by atoms with Gasteiger partial charge < -0.3 is 15.0 Å². The van der Waals surface area contributed by atoms with Crippen molar-refractivity contribution in [3.05, 3.63) is 65.9 Å². The molecule has 0 spiro atoms. The van der Waals surface area contributed by atoms with Crippen molar-refractivity contribution in [2.45, 2.75) is 18.9 Å². The molecule has 5 nitrogen and oxygen atoms in total. The summed E-state index contributed by atoms with van der Waals surface area (Å²) in [7, 11) is 1.70. The van der Waals surface area contributed by atoms with Gasteiger partial charge in [-0.15, -0.1) is 0 Å². The molecule has 1 amide bonds. The molecule has 1 aliphatic rings. The average Bonchev–Trinajstić information content (AvgIpc) is 3.38. The molecular weight excluding hydrogens is 338 g/mol. The second kappa shape index (κ2) is 7.84. The molecule has 0 aliphatic carbocycles. The topological polar surface area (TPSA) is 57.4 Å². The van der Waals surface area contributed by atoms with Crippen LogP contribution in [0, 0.1) is 0 Å². The minimum Gasteiger partial charge on any atom is -0.496 e. The second-order valence-electron chi connectivity index (χ2n) is 6.98. The van der Waals surface area contributed by atoms with Crippen molar-refractivity contribution in [3.63, 3.8) is 0 Å². The minimum atomic E-state index is -0.0784. The lowest BCUT2D eigenvalue weighted by Crippen LogP contribution is -2.37. The van der Waals surface area contributed by atoms with Crippen LogP contribution in [-0.2, 0) is 0 Å². The number of H-pyrrole nitrogens is 1. The van der Waals surface area contributed by atoms with Crippen LogP contribution in [-0.4, -0.2) is 42.5 Å². The molecule has 1 aromatic heterocycles. The number of ether oxygens (including phenoxy) is 1. The van der Waals surface area contributed by atoms with Crippen molar-refractivity contribution in [3.8, 4) is 5.75 Å². The van der Waals surface area contributed by atoms with Crippen molar-refractivity contribution < 1.29 is 9.53 Å². The maximum atomic E-state index is 12.7. The fourth-order valence-corrected chi connectivity index (χ4v) is 3.91. The highest BCUT2D eigenvalue weighted by Crippen LogP contribution is 2.31. The van der Waals surface area contributed by atoms with Crippen molar-refractivity contribution in [2.24, 2.45) is 0 Å². The number of aromatic nitrogens is 1. The second-order valence-corrected chi connectivity index (χ2v) is 6.98. The number of hydrogen-bond donors (Lipinski definition) is 2. The number of hydrogen-bond acceptors (Lipinski definition) is 3. The summed E-state index contributed by atoms with van der Waals surface area (Å²) in [5.41, 5.74) is 2.69. The molecule has 2 heterocycles. The van der Waals surface area contributed by atoms with Crippen LogP contribution < -0.4 is 10.1 Å². The quantitative estimate of drug-likeness (QED) is 0.701. The summed E-state index contributed by atoms with van der Waals surface area (Å²) in [6, 6.07) is 18.0. The number of para-hydroxylation sites is 2. The molecule has 1 atom stereocenters. The number of rotatable bonds is 6. The molecule has 2 N–H and O–H groups in total. The van der Waals surface area contributed by atoms with Crippen LogP contribution in [0.5, 0.6) is 5.75 Å². The van der Waals surface area contributed by atoms with Gasteiger partial charge in [0.2, 0.25) is 0 Å². The first-order valence-corrected chi connectivity index (χ1v) is 9.49. The van der Waals surface area contributed by atoms with E-state index in [9.17, 15) is 4.79 Å². The Labute approximate surface area is 159 Å². The smallest absolute Gasteiger partial charge is 0.267 e. The van der Waals surface area contributed by atoms with E-state index in [0.29, 0.717) is 12.2 Å². The Balaban J connectivity index is 1.53. The zero-order chi connectivity index (χ0) is 18.6. The van der Waals surface area contributed by atoms with Crippen molar-refractivity contribution in [1.29, 1.82) is 0 Å². The fraction of sp³-hybridized carbons (Fsp3) is 0.318. The summed E-state index contributed by atoms with van der Waals surface area (Å²) in [4.78, 5) is 18.4.